The van der Waals surface area contributed by atoms with Gasteiger partial charge in [0, 0.05) is 30.4 Å². The van der Waals surface area contributed by atoms with Gasteiger partial charge in [0.1, 0.15) is 5.69 Å². The maximum absolute atomic E-state index is 12.1. The average Bonchev–Trinajstić information content (AvgIpc) is 3.12. The summed E-state index contributed by atoms with van der Waals surface area (Å²) >= 11 is 0. The zero-order valence-corrected chi connectivity index (χ0v) is 16.9. The Bertz CT molecular complexity index is 1100. The maximum Gasteiger partial charge on any atom is 0.263 e. The van der Waals surface area contributed by atoms with Gasteiger partial charge >= 0.3 is 0 Å². The number of carbonyl (C=O) groups is 1. The van der Waals surface area contributed by atoms with Crippen molar-refractivity contribution in [2.45, 2.75) is 19.9 Å². The Kier molecular flexibility index (Phi) is 5.26. The highest BCUT2D eigenvalue weighted by molar-refractivity contribution is 5.99. The molecule has 8 nitrogen and oxygen atoms in total. The van der Waals surface area contributed by atoms with E-state index in [0.29, 0.717) is 29.6 Å². The van der Waals surface area contributed by atoms with Crippen LogP contribution in [0, 0.1) is 0 Å². The molecular weight excluding hydrogens is 378 g/mol. The van der Waals surface area contributed by atoms with Crippen LogP contribution in [0.25, 0.3) is 0 Å². The quantitative estimate of drug-likeness (QED) is 0.432. The van der Waals surface area contributed by atoms with Crippen LogP contribution in [0.4, 0.5) is 23.1 Å². The molecule has 2 aromatic carbocycles. The van der Waals surface area contributed by atoms with E-state index in [2.05, 4.69) is 25.6 Å². The number of aromatic nitrogens is 2. The maximum atomic E-state index is 12.1. The molecule has 152 valence electrons. The van der Waals surface area contributed by atoms with E-state index in [9.17, 15) is 4.79 Å². The minimum absolute atomic E-state index is 0.0341. The standard InChI is InChI=1S/C22H23N7O/c1-3-24-21(30)17-9-10-19-18(13-17)26-14-29(19,23)20-11-12-25-22(28-20)27-15(2)16-7-5-4-6-8-16/h4-15H,3,23H2,1-2H3,(H-,24,25,27,28,30)/p+1. The number of anilines is 1. The molecule has 1 amide bonds. The smallest absolute Gasteiger partial charge is 0.263 e. The molecule has 0 radical (unpaired) electrons. The number of nitrogens with two attached hydrogens (primary N) is 1. The van der Waals surface area contributed by atoms with E-state index in [4.69, 9.17) is 5.84 Å². The van der Waals surface area contributed by atoms with E-state index >= 15 is 0 Å². The molecule has 0 saturated heterocycles. The van der Waals surface area contributed by atoms with Gasteiger partial charge in [-0.3, -0.25) is 4.79 Å². The highest BCUT2D eigenvalue weighted by Crippen LogP contribution is 2.41. The van der Waals surface area contributed by atoms with Crippen molar-refractivity contribution < 1.29 is 4.79 Å². The van der Waals surface area contributed by atoms with Gasteiger partial charge in [-0.05, 0) is 31.5 Å². The second-order valence-electron chi connectivity index (χ2n) is 7.10. The van der Waals surface area contributed by atoms with E-state index < -0.39 is 0 Å². The summed E-state index contributed by atoms with van der Waals surface area (Å²) in [6.45, 7) is 4.49. The van der Waals surface area contributed by atoms with Crippen molar-refractivity contribution in [1.82, 2.24) is 19.9 Å². The molecule has 0 saturated carbocycles. The van der Waals surface area contributed by atoms with Crippen LogP contribution < -0.4 is 21.1 Å². The molecule has 30 heavy (non-hydrogen) atoms. The number of aliphatic imine (C=N–C) groups is 1. The van der Waals surface area contributed by atoms with Crippen molar-refractivity contribution in [1.29, 1.82) is 0 Å². The number of rotatable bonds is 6. The number of quaternary nitrogens is 1. The fourth-order valence-electron chi connectivity index (χ4n) is 3.39. The van der Waals surface area contributed by atoms with E-state index in [1.807, 2.05) is 50.2 Å². The number of amides is 1. The first-order valence-electron chi connectivity index (χ1n) is 9.81. The van der Waals surface area contributed by atoms with Crippen LogP contribution in [0.1, 0.15) is 35.8 Å². The summed E-state index contributed by atoms with van der Waals surface area (Å²) in [4.78, 5) is 25.5. The van der Waals surface area contributed by atoms with Crippen molar-refractivity contribution in [2.24, 2.45) is 10.8 Å². The first-order valence-corrected chi connectivity index (χ1v) is 9.81. The van der Waals surface area contributed by atoms with Gasteiger partial charge in [-0.2, -0.15) is 15.8 Å². The van der Waals surface area contributed by atoms with E-state index in [1.54, 1.807) is 30.7 Å². The average molecular weight is 402 g/mol. The Morgan fingerprint density at radius 3 is 2.73 bits per heavy atom. The number of hydrogen-bond donors (Lipinski definition) is 3. The van der Waals surface area contributed by atoms with Crippen LogP contribution in [0.5, 0.6) is 0 Å². The number of fused-ring (bicyclic) bond motifs is 1. The van der Waals surface area contributed by atoms with Crippen molar-refractivity contribution >= 4 is 35.4 Å². The first-order chi connectivity index (χ1) is 14.5. The van der Waals surface area contributed by atoms with Gasteiger partial charge in [-0.15, -0.1) is 4.59 Å². The molecule has 4 rings (SSSR count). The summed E-state index contributed by atoms with van der Waals surface area (Å²) in [5.74, 6) is 7.57. The van der Waals surface area contributed by atoms with Gasteiger partial charge in [0.05, 0.1) is 6.04 Å². The SMILES string of the molecule is CCNC(=O)c1ccc2c(c1)N=C[N+]2(N)c1ccnc(NC(C)c2ccccc2)n1. The molecule has 1 aromatic heterocycles. The van der Waals surface area contributed by atoms with Crippen LogP contribution in [0.15, 0.2) is 65.8 Å². The Balaban J connectivity index is 1.61. The van der Waals surface area contributed by atoms with Crippen molar-refractivity contribution in [3.63, 3.8) is 0 Å². The predicted molar refractivity (Wildman–Crippen MR) is 119 cm³/mol. The third-order valence-corrected chi connectivity index (χ3v) is 5.02. The topological polar surface area (TPSA) is 105 Å². The fourth-order valence-corrected chi connectivity index (χ4v) is 3.39. The summed E-state index contributed by atoms with van der Waals surface area (Å²) in [5, 5.41) is 6.10. The number of nitrogens with zero attached hydrogens (tertiary/aromatic N) is 4. The summed E-state index contributed by atoms with van der Waals surface area (Å²) in [7, 11) is 0. The van der Waals surface area contributed by atoms with Gasteiger partial charge in [0.2, 0.25) is 12.3 Å². The molecule has 0 spiro atoms. The number of nitrogens with one attached hydrogen (secondary N) is 2. The fraction of sp³-hybridized carbons (Fsp3) is 0.182. The van der Waals surface area contributed by atoms with Crippen LogP contribution in [-0.4, -0.2) is 28.8 Å². The Hall–Kier alpha value is -3.62. The number of carbonyl (C=O) groups excluding carboxylic acids is 1. The van der Waals surface area contributed by atoms with Crippen molar-refractivity contribution in [2.75, 3.05) is 11.9 Å². The van der Waals surface area contributed by atoms with Gasteiger partial charge in [0.25, 0.3) is 11.7 Å². The van der Waals surface area contributed by atoms with Crippen molar-refractivity contribution in [3.05, 3.63) is 71.9 Å². The molecule has 2 atom stereocenters. The largest absolute Gasteiger partial charge is 0.352 e. The normalized spacial score (nSPS) is 18.0. The molecule has 0 bridgehead atoms. The van der Waals surface area contributed by atoms with E-state index in [1.165, 1.54) is 0 Å². The van der Waals surface area contributed by atoms with Crippen LogP contribution >= 0.6 is 0 Å². The van der Waals surface area contributed by atoms with Gasteiger partial charge in [-0.25, -0.2) is 4.98 Å². The van der Waals surface area contributed by atoms with Gasteiger partial charge in [-0.1, -0.05) is 30.3 Å². The Morgan fingerprint density at radius 2 is 1.97 bits per heavy atom. The lowest BCUT2D eigenvalue weighted by Gasteiger charge is -2.23. The zero-order chi connectivity index (χ0) is 21.1. The number of benzene rings is 2. The lowest BCUT2D eigenvalue weighted by Crippen LogP contribution is -2.49. The van der Waals surface area contributed by atoms with Crippen LogP contribution in [0.2, 0.25) is 0 Å². The third-order valence-electron chi connectivity index (χ3n) is 5.02. The highest BCUT2D eigenvalue weighted by Gasteiger charge is 2.38. The Labute approximate surface area is 175 Å². The predicted octanol–water partition coefficient (Wildman–Crippen LogP) is 3.59. The first kappa shape index (κ1) is 19.7. The molecule has 0 fully saturated rings. The third kappa shape index (κ3) is 3.66. The molecule has 2 heterocycles. The summed E-state index contributed by atoms with van der Waals surface area (Å²) in [6, 6.07) is 17.2. The zero-order valence-electron chi connectivity index (χ0n) is 16.9. The van der Waals surface area contributed by atoms with Gasteiger partial charge < -0.3 is 10.6 Å². The highest BCUT2D eigenvalue weighted by atomic mass is 16.1. The van der Waals surface area contributed by atoms with Crippen molar-refractivity contribution in [3.8, 4) is 0 Å². The minimum atomic E-state index is -0.193. The number of hydrogen-bond acceptors (Lipinski definition) is 6. The van der Waals surface area contributed by atoms with Gasteiger partial charge in [0.15, 0.2) is 5.69 Å². The summed E-state index contributed by atoms with van der Waals surface area (Å²) in [6.07, 6.45) is 3.28. The molecule has 2 unspecified atom stereocenters. The molecule has 8 heteroatoms. The molecular formula is C22H24N7O+. The van der Waals surface area contributed by atoms with E-state index in [0.717, 1.165) is 11.3 Å². The monoisotopic (exact) mass is 402 g/mol. The second-order valence-corrected chi connectivity index (χ2v) is 7.10. The molecule has 3 aromatic rings. The minimum Gasteiger partial charge on any atom is -0.352 e. The van der Waals surface area contributed by atoms with Crippen LogP contribution in [0.3, 0.4) is 0 Å². The summed E-state index contributed by atoms with van der Waals surface area (Å²) in [5.41, 5.74) is 3.06. The molecule has 0 aliphatic carbocycles. The second kappa shape index (κ2) is 8.02. The lowest BCUT2D eigenvalue weighted by atomic mass is 10.1. The van der Waals surface area contributed by atoms with Crippen LogP contribution in [-0.2, 0) is 0 Å². The molecule has 1 aliphatic heterocycles. The molecule has 1 aliphatic rings. The summed E-state index contributed by atoms with van der Waals surface area (Å²) < 4.78 is -0.193. The lowest BCUT2D eigenvalue weighted by molar-refractivity contribution is 0.0956. The Morgan fingerprint density at radius 1 is 1.17 bits per heavy atom. The van der Waals surface area contributed by atoms with E-state index in [-0.39, 0.29) is 16.5 Å². The molecule has 4 N–H and O–H groups in total.